The van der Waals surface area contributed by atoms with Crippen LogP contribution in [0.15, 0.2) is 24.3 Å². The number of ether oxygens (including phenoxy) is 2. The summed E-state index contributed by atoms with van der Waals surface area (Å²) < 4.78 is 13.2. The predicted octanol–water partition coefficient (Wildman–Crippen LogP) is 2.90. The van der Waals surface area contributed by atoms with Gasteiger partial charge in [-0.25, -0.2) is 4.68 Å². The lowest BCUT2D eigenvalue weighted by Gasteiger charge is -2.10. The zero-order chi connectivity index (χ0) is 16.5. The van der Waals surface area contributed by atoms with Crippen molar-refractivity contribution in [2.24, 2.45) is 5.73 Å². The monoisotopic (exact) mass is 318 g/mol. The summed E-state index contributed by atoms with van der Waals surface area (Å²) in [5.41, 5.74) is 7.51. The van der Waals surface area contributed by atoms with Crippen molar-refractivity contribution in [1.29, 1.82) is 0 Å². The van der Waals surface area contributed by atoms with Crippen molar-refractivity contribution in [1.82, 2.24) is 15.0 Å². The average molecular weight is 318 g/mol. The highest BCUT2D eigenvalue weighted by Gasteiger charge is 2.12. The van der Waals surface area contributed by atoms with E-state index in [1.165, 1.54) is 12.8 Å². The number of rotatable bonds is 10. The van der Waals surface area contributed by atoms with E-state index in [4.69, 9.17) is 15.2 Å². The fraction of sp³-hybridized carbons (Fsp3) is 0.529. The number of aryl methyl sites for hydroxylation is 1. The lowest BCUT2D eigenvalue weighted by atomic mass is 10.2. The van der Waals surface area contributed by atoms with E-state index in [1.807, 2.05) is 35.9 Å². The van der Waals surface area contributed by atoms with Gasteiger partial charge in [0, 0.05) is 13.1 Å². The van der Waals surface area contributed by atoms with Crippen LogP contribution in [0.5, 0.6) is 11.5 Å². The van der Waals surface area contributed by atoms with Crippen LogP contribution in [0.4, 0.5) is 0 Å². The van der Waals surface area contributed by atoms with Crippen LogP contribution in [0.1, 0.15) is 44.5 Å². The Hall–Kier alpha value is -2.08. The summed E-state index contributed by atoms with van der Waals surface area (Å²) in [5.74, 6) is 1.63. The Balaban J connectivity index is 1.99. The van der Waals surface area contributed by atoms with Crippen LogP contribution >= 0.6 is 0 Å². The number of nitrogens with two attached hydrogens (primary N) is 1. The molecular weight excluding hydrogens is 292 g/mol. The molecule has 0 aliphatic rings. The van der Waals surface area contributed by atoms with Crippen LogP contribution in [0, 0.1) is 0 Å². The average Bonchev–Trinajstić information content (AvgIpc) is 2.97. The molecule has 1 aromatic heterocycles. The van der Waals surface area contributed by atoms with Crippen LogP contribution in [-0.2, 0) is 19.7 Å². The van der Waals surface area contributed by atoms with E-state index in [0.29, 0.717) is 19.8 Å². The summed E-state index contributed by atoms with van der Waals surface area (Å²) in [4.78, 5) is 0. The molecule has 0 spiro atoms. The number of unbranched alkanes of at least 4 members (excludes halogenated alkanes) is 2. The topological polar surface area (TPSA) is 75.2 Å². The minimum Gasteiger partial charge on any atom is -0.494 e. The van der Waals surface area contributed by atoms with Crippen molar-refractivity contribution < 1.29 is 9.47 Å². The van der Waals surface area contributed by atoms with Gasteiger partial charge in [-0.2, -0.15) is 0 Å². The van der Waals surface area contributed by atoms with Gasteiger partial charge >= 0.3 is 0 Å². The Labute approximate surface area is 137 Å². The number of hydrogen-bond acceptors (Lipinski definition) is 5. The molecule has 0 saturated heterocycles. The highest BCUT2D eigenvalue weighted by molar-refractivity contribution is 5.31. The maximum absolute atomic E-state index is 5.86. The Bertz CT molecular complexity index is 581. The van der Waals surface area contributed by atoms with Crippen LogP contribution in [0.3, 0.4) is 0 Å². The maximum Gasteiger partial charge on any atom is 0.132 e. The molecule has 0 saturated carbocycles. The first-order chi connectivity index (χ1) is 11.3. The molecule has 0 radical (unpaired) electrons. The van der Waals surface area contributed by atoms with Crippen molar-refractivity contribution in [2.75, 3.05) is 6.61 Å². The summed E-state index contributed by atoms with van der Waals surface area (Å²) in [6.45, 7) is 6.44. The molecule has 2 aromatic rings. The number of aromatic nitrogens is 3. The first kappa shape index (κ1) is 17.3. The second-order valence-corrected chi connectivity index (χ2v) is 5.31. The SMILES string of the molecule is CCCCCn1nnc(CN)c1COc1ccc(OCC)cc1. The van der Waals surface area contributed by atoms with Crippen LogP contribution in [-0.4, -0.2) is 21.6 Å². The molecular formula is C17H26N4O2. The number of hydrogen-bond donors (Lipinski definition) is 1. The number of benzene rings is 1. The quantitative estimate of drug-likeness (QED) is 0.682. The van der Waals surface area contributed by atoms with Gasteiger partial charge in [0.15, 0.2) is 0 Å². The minimum absolute atomic E-state index is 0.371. The molecule has 1 aromatic carbocycles. The third kappa shape index (κ3) is 4.96. The zero-order valence-corrected chi connectivity index (χ0v) is 14.0. The highest BCUT2D eigenvalue weighted by Crippen LogP contribution is 2.19. The van der Waals surface area contributed by atoms with Crippen LogP contribution in [0.2, 0.25) is 0 Å². The van der Waals surface area contributed by atoms with Crippen LogP contribution in [0.25, 0.3) is 0 Å². The molecule has 6 nitrogen and oxygen atoms in total. The normalized spacial score (nSPS) is 10.7. The van der Waals surface area contributed by atoms with E-state index in [0.717, 1.165) is 35.9 Å². The molecule has 0 atom stereocenters. The Kier molecular flexibility index (Phi) is 6.87. The first-order valence-electron chi connectivity index (χ1n) is 8.25. The summed E-state index contributed by atoms with van der Waals surface area (Å²) in [7, 11) is 0. The molecule has 1 heterocycles. The molecule has 0 aliphatic carbocycles. The maximum atomic E-state index is 5.86. The van der Waals surface area contributed by atoms with Crippen molar-refractivity contribution in [3.05, 3.63) is 35.7 Å². The van der Waals surface area contributed by atoms with E-state index < -0.39 is 0 Å². The van der Waals surface area contributed by atoms with E-state index in [9.17, 15) is 0 Å². The lowest BCUT2D eigenvalue weighted by Crippen LogP contribution is -2.11. The molecule has 126 valence electrons. The fourth-order valence-electron chi connectivity index (χ4n) is 2.33. The van der Waals surface area contributed by atoms with E-state index in [-0.39, 0.29) is 0 Å². The van der Waals surface area contributed by atoms with Crippen molar-refractivity contribution in [3.63, 3.8) is 0 Å². The molecule has 2 rings (SSSR count). The predicted molar refractivity (Wildman–Crippen MR) is 89.4 cm³/mol. The van der Waals surface area contributed by atoms with E-state index in [1.54, 1.807) is 0 Å². The number of nitrogens with zero attached hydrogens (tertiary/aromatic N) is 3. The molecule has 2 N–H and O–H groups in total. The molecule has 0 bridgehead atoms. The summed E-state index contributed by atoms with van der Waals surface area (Å²) in [5, 5.41) is 8.35. The van der Waals surface area contributed by atoms with Gasteiger partial charge in [-0.05, 0) is 37.6 Å². The lowest BCUT2D eigenvalue weighted by molar-refractivity contribution is 0.288. The first-order valence-corrected chi connectivity index (χ1v) is 8.25. The van der Waals surface area contributed by atoms with Gasteiger partial charge in [0.1, 0.15) is 29.5 Å². The molecule has 6 heteroatoms. The van der Waals surface area contributed by atoms with Gasteiger partial charge < -0.3 is 15.2 Å². The van der Waals surface area contributed by atoms with E-state index in [2.05, 4.69) is 17.2 Å². The second kappa shape index (κ2) is 9.15. The third-order valence-corrected chi connectivity index (χ3v) is 3.60. The summed E-state index contributed by atoms with van der Waals surface area (Å²) in [6, 6.07) is 7.61. The molecule has 0 unspecified atom stereocenters. The molecule has 0 aliphatic heterocycles. The van der Waals surface area contributed by atoms with Gasteiger partial charge in [0.05, 0.1) is 6.61 Å². The fourth-order valence-corrected chi connectivity index (χ4v) is 2.33. The van der Waals surface area contributed by atoms with E-state index >= 15 is 0 Å². The largest absolute Gasteiger partial charge is 0.494 e. The second-order valence-electron chi connectivity index (χ2n) is 5.31. The minimum atomic E-state index is 0.371. The standard InChI is InChI=1S/C17H26N4O2/c1-3-5-6-11-21-17(16(12-18)19-20-21)13-23-15-9-7-14(8-10-15)22-4-2/h7-10H,3-6,11-13,18H2,1-2H3. The summed E-state index contributed by atoms with van der Waals surface area (Å²) in [6.07, 6.45) is 3.44. The Morgan fingerprint density at radius 3 is 2.35 bits per heavy atom. The van der Waals surface area contributed by atoms with Gasteiger partial charge in [0.25, 0.3) is 0 Å². The smallest absolute Gasteiger partial charge is 0.132 e. The highest BCUT2D eigenvalue weighted by atomic mass is 16.5. The summed E-state index contributed by atoms with van der Waals surface area (Å²) >= 11 is 0. The zero-order valence-electron chi connectivity index (χ0n) is 14.0. The van der Waals surface area contributed by atoms with Crippen molar-refractivity contribution >= 4 is 0 Å². The molecule has 23 heavy (non-hydrogen) atoms. The van der Waals surface area contributed by atoms with Gasteiger partial charge in [-0.15, -0.1) is 5.10 Å². The van der Waals surface area contributed by atoms with Crippen molar-refractivity contribution in [3.8, 4) is 11.5 Å². The van der Waals surface area contributed by atoms with Crippen LogP contribution < -0.4 is 15.2 Å². The Morgan fingerprint density at radius 2 is 1.74 bits per heavy atom. The van der Waals surface area contributed by atoms with Gasteiger partial charge in [-0.1, -0.05) is 25.0 Å². The molecule has 0 fully saturated rings. The third-order valence-electron chi connectivity index (χ3n) is 3.60. The van der Waals surface area contributed by atoms with Gasteiger partial charge in [0.2, 0.25) is 0 Å². The van der Waals surface area contributed by atoms with Crippen molar-refractivity contribution in [2.45, 2.75) is 52.8 Å². The molecule has 0 amide bonds. The Morgan fingerprint density at radius 1 is 1.04 bits per heavy atom. The van der Waals surface area contributed by atoms with Gasteiger partial charge in [-0.3, -0.25) is 0 Å².